The molecule has 0 radical (unpaired) electrons. The molecule has 0 spiro atoms. The smallest absolute Gasteiger partial charge is 0.304 e. The number of unbranched alkanes of at least 4 members (excludes halogenated alkanes) is 2. The first kappa shape index (κ1) is 14.1. The second kappa shape index (κ2) is 8.18. The Balaban J connectivity index is 2.48. The molecular formula is C14H20O2S. The van der Waals surface area contributed by atoms with Crippen LogP contribution < -0.4 is 0 Å². The maximum atomic E-state index is 10.8. The Morgan fingerprint density at radius 3 is 2.59 bits per heavy atom. The van der Waals surface area contributed by atoms with Crippen LogP contribution in [-0.2, 0) is 4.79 Å². The van der Waals surface area contributed by atoms with Gasteiger partial charge in [-0.15, -0.1) is 11.8 Å². The molecular weight excluding hydrogens is 232 g/mol. The minimum Gasteiger partial charge on any atom is -0.481 e. The summed E-state index contributed by atoms with van der Waals surface area (Å²) in [7, 11) is 0. The molecule has 0 fully saturated rings. The molecule has 3 heteroatoms. The monoisotopic (exact) mass is 252 g/mol. The van der Waals surface area contributed by atoms with Gasteiger partial charge in [-0.3, -0.25) is 4.79 Å². The summed E-state index contributed by atoms with van der Waals surface area (Å²) < 4.78 is 0. The first-order valence-corrected chi connectivity index (χ1v) is 7.04. The molecule has 0 saturated heterocycles. The normalized spacial score (nSPS) is 12.3. The number of rotatable bonds is 8. The number of carboxylic acid groups (broad SMARTS) is 1. The number of carbonyl (C=O) groups is 1. The molecule has 0 aromatic heterocycles. The minimum absolute atomic E-state index is 0.196. The van der Waals surface area contributed by atoms with Crippen molar-refractivity contribution in [1.29, 1.82) is 0 Å². The van der Waals surface area contributed by atoms with E-state index in [9.17, 15) is 4.79 Å². The predicted octanol–water partition coefficient (Wildman–Crippen LogP) is 4.20. The molecule has 0 aliphatic carbocycles. The molecule has 0 amide bonds. The fraction of sp³-hybridized carbons (Fsp3) is 0.500. The zero-order chi connectivity index (χ0) is 12.5. The van der Waals surface area contributed by atoms with E-state index in [0.717, 1.165) is 17.7 Å². The molecule has 0 aliphatic heterocycles. The summed E-state index contributed by atoms with van der Waals surface area (Å²) in [5, 5.41) is 9.10. The average Bonchev–Trinajstić information content (AvgIpc) is 2.30. The van der Waals surface area contributed by atoms with Gasteiger partial charge in [0.25, 0.3) is 0 Å². The lowest BCUT2D eigenvalue weighted by molar-refractivity contribution is -0.137. The Morgan fingerprint density at radius 2 is 2.00 bits per heavy atom. The molecule has 94 valence electrons. The molecule has 1 rings (SSSR count). The van der Waals surface area contributed by atoms with Gasteiger partial charge in [-0.1, -0.05) is 44.4 Å². The van der Waals surface area contributed by atoms with E-state index >= 15 is 0 Å². The number of hydrogen-bond acceptors (Lipinski definition) is 2. The zero-order valence-corrected chi connectivity index (χ0v) is 11.1. The maximum absolute atomic E-state index is 10.8. The van der Waals surface area contributed by atoms with Gasteiger partial charge in [-0.2, -0.15) is 0 Å². The van der Waals surface area contributed by atoms with Gasteiger partial charge in [0.1, 0.15) is 0 Å². The summed E-state index contributed by atoms with van der Waals surface area (Å²) >= 11 is 1.69. The molecule has 1 N–H and O–H groups in total. The van der Waals surface area contributed by atoms with Crippen molar-refractivity contribution in [3.8, 4) is 0 Å². The fourth-order valence-electron chi connectivity index (χ4n) is 1.71. The molecule has 0 aliphatic rings. The van der Waals surface area contributed by atoms with E-state index < -0.39 is 5.97 Å². The lowest BCUT2D eigenvalue weighted by atomic mass is 10.1. The Hall–Kier alpha value is -0.960. The molecule has 1 unspecified atom stereocenters. The fourth-order valence-corrected chi connectivity index (χ4v) is 2.92. The van der Waals surface area contributed by atoms with E-state index in [1.807, 2.05) is 30.3 Å². The van der Waals surface area contributed by atoms with Crippen LogP contribution in [0.3, 0.4) is 0 Å². The molecule has 1 aromatic rings. The van der Waals surface area contributed by atoms with Crippen molar-refractivity contribution in [3.05, 3.63) is 30.3 Å². The Morgan fingerprint density at radius 1 is 1.29 bits per heavy atom. The van der Waals surface area contributed by atoms with Crippen LogP contribution in [0.2, 0.25) is 0 Å². The molecule has 1 atom stereocenters. The quantitative estimate of drug-likeness (QED) is 0.556. The summed E-state index contributed by atoms with van der Waals surface area (Å²) in [5.41, 5.74) is 0. The van der Waals surface area contributed by atoms with Gasteiger partial charge < -0.3 is 5.11 Å². The Kier molecular flexibility index (Phi) is 6.78. The number of hydrogen-bond donors (Lipinski definition) is 1. The number of thioether (sulfide) groups is 1. The van der Waals surface area contributed by atoms with Crippen LogP contribution in [0.4, 0.5) is 0 Å². The molecule has 0 heterocycles. The third kappa shape index (κ3) is 6.37. The van der Waals surface area contributed by atoms with Crippen molar-refractivity contribution in [2.45, 2.75) is 49.2 Å². The second-order valence-electron chi connectivity index (χ2n) is 4.15. The van der Waals surface area contributed by atoms with Gasteiger partial charge in [0.05, 0.1) is 6.42 Å². The summed E-state index contributed by atoms with van der Waals surface area (Å²) in [5.74, 6) is -0.699. The van der Waals surface area contributed by atoms with Crippen LogP contribution >= 0.6 is 11.8 Å². The lowest BCUT2D eigenvalue weighted by Crippen LogP contribution is -2.09. The number of carboxylic acids is 1. The van der Waals surface area contributed by atoms with E-state index in [4.69, 9.17) is 5.11 Å². The van der Waals surface area contributed by atoms with Crippen LogP contribution in [0.15, 0.2) is 35.2 Å². The highest BCUT2D eigenvalue weighted by Crippen LogP contribution is 2.28. The zero-order valence-electron chi connectivity index (χ0n) is 10.3. The predicted molar refractivity (Wildman–Crippen MR) is 72.5 cm³/mol. The van der Waals surface area contributed by atoms with Gasteiger partial charge >= 0.3 is 5.97 Å². The van der Waals surface area contributed by atoms with Gasteiger partial charge in [0.15, 0.2) is 0 Å². The van der Waals surface area contributed by atoms with E-state index in [-0.39, 0.29) is 11.7 Å². The summed E-state index contributed by atoms with van der Waals surface area (Å²) in [6.45, 7) is 2.16. The van der Waals surface area contributed by atoms with Crippen LogP contribution in [-0.4, -0.2) is 16.3 Å². The van der Waals surface area contributed by atoms with E-state index in [2.05, 4.69) is 6.92 Å². The van der Waals surface area contributed by atoms with Crippen LogP contribution in [0.5, 0.6) is 0 Å². The van der Waals surface area contributed by atoms with Crippen molar-refractivity contribution < 1.29 is 9.90 Å². The van der Waals surface area contributed by atoms with Crippen molar-refractivity contribution in [2.24, 2.45) is 0 Å². The van der Waals surface area contributed by atoms with Crippen molar-refractivity contribution in [1.82, 2.24) is 0 Å². The average molecular weight is 252 g/mol. The van der Waals surface area contributed by atoms with Gasteiger partial charge in [0, 0.05) is 10.1 Å². The Bertz CT molecular complexity index is 324. The summed E-state index contributed by atoms with van der Waals surface area (Å²) in [6, 6.07) is 10.0. The van der Waals surface area contributed by atoms with E-state index in [1.54, 1.807) is 11.8 Å². The first-order chi connectivity index (χ1) is 8.22. The molecule has 0 saturated carbocycles. The minimum atomic E-state index is -0.699. The van der Waals surface area contributed by atoms with E-state index in [1.165, 1.54) is 12.8 Å². The molecule has 0 bridgehead atoms. The van der Waals surface area contributed by atoms with Crippen LogP contribution in [0.25, 0.3) is 0 Å². The number of benzene rings is 1. The van der Waals surface area contributed by atoms with Crippen molar-refractivity contribution >= 4 is 17.7 Å². The topological polar surface area (TPSA) is 37.3 Å². The second-order valence-corrected chi connectivity index (χ2v) is 5.52. The summed E-state index contributed by atoms with van der Waals surface area (Å²) in [6.07, 6.45) is 4.72. The first-order valence-electron chi connectivity index (χ1n) is 6.16. The van der Waals surface area contributed by atoms with E-state index in [0.29, 0.717) is 0 Å². The molecule has 17 heavy (non-hydrogen) atoms. The van der Waals surface area contributed by atoms with Crippen molar-refractivity contribution in [2.75, 3.05) is 0 Å². The molecule has 2 nitrogen and oxygen atoms in total. The third-order valence-electron chi connectivity index (χ3n) is 2.58. The molecule has 1 aromatic carbocycles. The van der Waals surface area contributed by atoms with Gasteiger partial charge in [-0.25, -0.2) is 0 Å². The SMILES string of the molecule is CCCCCC(CC(=O)O)Sc1ccccc1. The highest BCUT2D eigenvalue weighted by Gasteiger charge is 2.14. The highest BCUT2D eigenvalue weighted by molar-refractivity contribution is 8.00. The summed E-state index contributed by atoms with van der Waals surface area (Å²) in [4.78, 5) is 12.0. The van der Waals surface area contributed by atoms with Gasteiger partial charge in [0.2, 0.25) is 0 Å². The van der Waals surface area contributed by atoms with Crippen LogP contribution in [0.1, 0.15) is 39.0 Å². The standard InChI is InChI=1S/C14H20O2S/c1-2-3-5-10-13(11-14(15)16)17-12-8-6-4-7-9-12/h4,6-9,13H,2-3,5,10-11H2,1H3,(H,15,16). The van der Waals surface area contributed by atoms with Crippen LogP contribution in [0, 0.1) is 0 Å². The third-order valence-corrected chi connectivity index (χ3v) is 3.86. The van der Waals surface area contributed by atoms with Gasteiger partial charge in [-0.05, 0) is 18.6 Å². The maximum Gasteiger partial charge on any atom is 0.304 e. The largest absolute Gasteiger partial charge is 0.481 e. The number of aliphatic carboxylic acids is 1. The van der Waals surface area contributed by atoms with Crippen molar-refractivity contribution in [3.63, 3.8) is 0 Å². The Labute approximate surface area is 107 Å². The lowest BCUT2D eigenvalue weighted by Gasteiger charge is -2.14. The highest BCUT2D eigenvalue weighted by atomic mass is 32.2.